The van der Waals surface area contributed by atoms with Crippen LogP contribution in [0.2, 0.25) is 0 Å². The average molecular weight is 103 g/mol. The Morgan fingerprint density at radius 1 is 1.71 bits per heavy atom. The number of hydrogen-bond donors (Lipinski definition) is 1. The Balaban J connectivity index is 0. The van der Waals surface area contributed by atoms with Crippen molar-refractivity contribution in [2.75, 3.05) is 13.6 Å². The van der Waals surface area contributed by atoms with Gasteiger partial charge in [-0.05, 0) is 20.5 Å². The Hall–Kier alpha value is -0.370. The fourth-order valence-electron chi connectivity index (χ4n) is 0. The Labute approximate surface area is 44.9 Å². The molecule has 0 amide bonds. The number of aldehydes is 1. The first-order valence-corrected chi connectivity index (χ1v) is 2.37. The van der Waals surface area contributed by atoms with Gasteiger partial charge in [0.2, 0.25) is 0 Å². The minimum Gasteiger partial charge on any atom is -0.320 e. The van der Waals surface area contributed by atoms with Crippen LogP contribution in [0.3, 0.4) is 0 Å². The number of carbonyl (C=O) groups excluding carboxylic acids is 1. The lowest BCUT2D eigenvalue weighted by atomic mass is 10.8. The summed E-state index contributed by atoms with van der Waals surface area (Å²) in [4.78, 5) is 8.81. The first kappa shape index (κ1) is 9.80. The summed E-state index contributed by atoms with van der Waals surface area (Å²) in [7, 11) is 1.93. The van der Waals surface area contributed by atoms with Gasteiger partial charge in [0.05, 0.1) is 0 Å². The van der Waals surface area contributed by atoms with Crippen LogP contribution in [0.4, 0.5) is 0 Å². The summed E-state index contributed by atoms with van der Waals surface area (Å²) in [5, 5.41) is 2.93. The van der Waals surface area contributed by atoms with Crippen molar-refractivity contribution in [1.29, 1.82) is 0 Å². The molecule has 1 N–H and O–H groups in total. The molecule has 0 aromatic heterocycles. The van der Waals surface area contributed by atoms with Gasteiger partial charge in [-0.25, -0.2) is 0 Å². The van der Waals surface area contributed by atoms with E-state index in [2.05, 4.69) is 12.2 Å². The van der Waals surface area contributed by atoms with Crippen molar-refractivity contribution >= 4 is 6.29 Å². The molecule has 0 radical (unpaired) electrons. The second-order valence-corrected chi connectivity index (χ2v) is 0.943. The van der Waals surface area contributed by atoms with Crippen LogP contribution in [0, 0.1) is 0 Å². The van der Waals surface area contributed by atoms with Gasteiger partial charge >= 0.3 is 0 Å². The lowest BCUT2D eigenvalue weighted by Gasteiger charge is -1.76. The van der Waals surface area contributed by atoms with Crippen molar-refractivity contribution in [3.8, 4) is 0 Å². The van der Waals surface area contributed by atoms with Crippen molar-refractivity contribution in [3.63, 3.8) is 0 Å². The maximum atomic E-state index is 8.81. The Morgan fingerprint density at radius 2 is 1.86 bits per heavy atom. The summed E-state index contributed by atoms with van der Waals surface area (Å²) in [6, 6.07) is 0. The fraction of sp³-hybridized carbons (Fsp3) is 0.800. The van der Waals surface area contributed by atoms with E-state index >= 15 is 0 Å². The molecule has 0 bridgehead atoms. The van der Waals surface area contributed by atoms with Gasteiger partial charge in [0, 0.05) is 0 Å². The Kier molecular flexibility index (Phi) is 24.4. The molecule has 44 valence electrons. The summed E-state index contributed by atoms with van der Waals surface area (Å²) >= 11 is 0. The highest BCUT2D eigenvalue weighted by atomic mass is 16.1. The minimum atomic E-state index is 0.750. The van der Waals surface area contributed by atoms with E-state index in [0.29, 0.717) is 0 Å². The topological polar surface area (TPSA) is 29.1 Å². The van der Waals surface area contributed by atoms with Gasteiger partial charge in [0.25, 0.3) is 0 Å². The molecular weight excluding hydrogens is 90.1 g/mol. The van der Waals surface area contributed by atoms with Crippen molar-refractivity contribution in [2.24, 2.45) is 0 Å². The Bertz CT molecular complexity index is 27.3. The summed E-state index contributed by atoms with van der Waals surface area (Å²) < 4.78 is 0. The first-order chi connectivity index (χ1) is 3.33. The van der Waals surface area contributed by atoms with Gasteiger partial charge in [0.15, 0.2) is 0 Å². The highest BCUT2D eigenvalue weighted by Crippen LogP contribution is 1.34. The van der Waals surface area contributed by atoms with E-state index in [9.17, 15) is 0 Å². The molecule has 0 aromatic carbocycles. The SMILES string of the molecule is CC=O.CCNC. The van der Waals surface area contributed by atoms with Gasteiger partial charge in [-0.3, -0.25) is 0 Å². The largest absolute Gasteiger partial charge is 0.320 e. The molecule has 7 heavy (non-hydrogen) atoms. The fourth-order valence-corrected chi connectivity index (χ4v) is 0. The van der Waals surface area contributed by atoms with E-state index in [1.54, 1.807) is 0 Å². The summed E-state index contributed by atoms with van der Waals surface area (Å²) in [6.07, 6.45) is 0.750. The van der Waals surface area contributed by atoms with Crippen LogP contribution in [-0.4, -0.2) is 19.9 Å². The van der Waals surface area contributed by atoms with Crippen LogP contribution in [0.1, 0.15) is 13.8 Å². The maximum Gasteiger partial charge on any atom is 0.116 e. The molecule has 0 saturated heterocycles. The normalized spacial score (nSPS) is 6.14. The predicted molar refractivity (Wildman–Crippen MR) is 31.3 cm³/mol. The van der Waals surface area contributed by atoms with Crippen LogP contribution in [0.5, 0.6) is 0 Å². The molecule has 0 rings (SSSR count). The molecular formula is C5H13NO. The zero-order valence-corrected chi connectivity index (χ0v) is 5.19. The number of hydrogen-bond acceptors (Lipinski definition) is 2. The molecule has 0 aliphatic heterocycles. The number of carbonyl (C=O) groups is 1. The van der Waals surface area contributed by atoms with E-state index in [-0.39, 0.29) is 0 Å². The molecule has 0 aliphatic carbocycles. The molecule has 0 spiro atoms. The van der Waals surface area contributed by atoms with Crippen molar-refractivity contribution < 1.29 is 4.79 Å². The highest BCUT2D eigenvalue weighted by molar-refractivity contribution is 5.44. The highest BCUT2D eigenvalue weighted by Gasteiger charge is 1.50. The molecule has 2 heteroatoms. The molecule has 0 unspecified atom stereocenters. The molecule has 2 nitrogen and oxygen atoms in total. The smallest absolute Gasteiger partial charge is 0.116 e. The van der Waals surface area contributed by atoms with Gasteiger partial charge in [-0.2, -0.15) is 0 Å². The van der Waals surface area contributed by atoms with E-state index in [0.717, 1.165) is 12.8 Å². The van der Waals surface area contributed by atoms with Crippen LogP contribution in [0.25, 0.3) is 0 Å². The molecule has 0 fully saturated rings. The summed E-state index contributed by atoms with van der Waals surface area (Å²) in [5.41, 5.74) is 0. The third-order valence-electron chi connectivity index (χ3n) is 0.354. The molecule has 0 heterocycles. The van der Waals surface area contributed by atoms with E-state index in [1.807, 2.05) is 7.05 Å². The van der Waals surface area contributed by atoms with Gasteiger partial charge in [-0.1, -0.05) is 6.92 Å². The zero-order valence-electron chi connectivity index (χ0n) is 5.19. The molecule has 0 aliphatic rings. The monoisotopic (exact) mass is 103 g/mol. The second kappa shape index (κ2) is 17.4. The van der Waals surface area contributed by atoms with E-state index in [1.165, 1.54) is 6.92 Å². The molecule has 0 aromatic rings. The lowest BCUT2D eigenvalue weighted by molar-refractivity contribution is -0.106. The van der Waals surface area contributed by atoms with E-state index < -0.39 is 0 Å². The van der Waals surface area contributed by atoms with Gasteiger partial charge in [0.1, 0.15) is 6.29 Å². The third kappa shape index (κ3) is 187. The van der Waals surface area contributed by atoms with Crippen molar-refractivity contribution in [2.45, 2.75) is 13.8 Å². The maximum absolute atomic E-state index is 8.81. The van der Waals surface area contributed by atoms with Gasteiger partial charge < -0.3 is 10.1 Å². The van der Waals surface area contributed by atoms with Crippen LogP contribution < -0.4 is 5.32 Å². The van der Waals surface area contributed by atoms with Gasteiger partial charge in [-0.15, -0.1) is 0 Å². The van der Waals surface area contributed by atoms with E-state index in [4.69, 9.17) is 4.79 Å². The minimum absolute atomic E-state index is 0.750. The number of rotatable bonds is 1. The van der Waals surface area contributed by atoms with Crippen molar-refractivity contribution in [3.05, 3.63) is 0 Å². The quantitative estimate of drug-likeness (QED) is 0.488. The molecule has 0 atom stereocenters. The average Bonchev–Trinajstić information content (AvgIpc) is 1.69. The zero-order chi connectivity index (χ0) is 6.12. The predicted octanol–water partition coefficient (Wildman–Crippen LogP) is 0.431. The summed E-state index contributed by atoms with van der Waals surface area (Å²) in [5.74, 6) is 0. The first-order valence-electron chi connectivity index (χ1n) is 2.37. The molecule has 0 saturated carbocycles. The van der Waals surface area contributed by atoms with Crippen LogP contribution >= 0.6 is 0 Å². The summed E-state index contributed by atoms with van der Waals surface area (Å²) in [6.45, 7) is 4.58. The Morgan fingerprint density at radius 3 is 1.86 bits per heavy atom. The van der Waals surface area contributed by atoms with Crippen LogP contribution in [-0.2, 0) is 4.79 Å². The van der Waals surface area contributed by atoms with Crippen LogP contribution in [0.15, 0.2) is 0 Å². The van der Waals surface area contributed by atoms with Crippen molar-refractivity contribution in [1.82, 2.24) is 5.32 Å². The second-order valence-electron chi connectivity index (χ2n) is 0.943. The standard InChI is InChI=1S/C3H9N.C2H4O/c1-3-4-2;1-2-3/h4H,3H2,1-2H3;2H,1H3. The lowest BCUT2D eigenvalue weighted by Crippen LogP contribution is -2.01. The number of nitrogens with one attached hydrogen (secondary N) is 1. The third-order valence-corrected chi connectivity index (χ3v) is 0.354.